The molecule has 5 heteroatoms. The zero-order chi connectivity index (χ0) is 14.0. The SMILES string of the molecule is Cc1cc(Br)cc(C(=O)N[C@@H](C)c2cnn(C)c2)c1. The Bertz CT molecular complexity index is 586. The van der Waals surface area contributed by atoms with Gasteiger partial charge in [0.1, 0.15) is 0 Å². The Morgan fingerprint density at radius 3 is 2.74 bits per heavy atom. The van der Waals surface area contributed by atoms with Crippen LogP contribution < -0.4 is 5.32 Å². The summed E-state index contributed by atoms with van der Waals surface area (Å²) in [6, 6.07) is 5.59. The second-order valence-corrected chi connectivity index (χ2v) is 5.58. The topological polar surface area (TPSA) is 46.9 Å². The first-order chi connectivity index (χ1) is 8.95. The summed E-state index contributed by atoms with van der Waals surface area (Å²) in [7, 11) is 1.86. The molecule has 1 aromatic heterocycles. The summed E-state index contributed by atoms with van der Waals surface area (Å²) in [5.74, 6) is -0.0826. The van der Waals surface area contributed by atoms with Crippen molar-refractivity contribution in [3.8, 4) is 0 Å². The molecule has 1 N–H and O–H groups in total. The van der Waals surface area contributed by atoms with Crippen molar-refractivity contribution >= 4 is 21.8 Å². The summed E-state index contributed by atoms with van der Waals surface area (Å²) < 4.78 is 2.63. The Labute approximate surface area is 120 Å². The third kappa shape index (κ3) is 3.44. The number of carbonyl (C=O) groups is 1. The van der Waals surface area contributed by atoms with Crippen LogP contribution in [0.25, 0.3) is 0 Å². The number of aryl methyl sites for hydroxylation is 2. The van der Waals surface area contributed by atoms with Gasteiger partial charge < -0.3 is 5.32 Å². The van der Waals surface area contributed by atoms with E-state index >= 15 is 0 Å². The number of nitrogens with one attached hydrogen (secondary N) is 1. The lowest BCUT2D eigenvalue weighted by Gasteiger charge is -2.12. The van der Waals surface area contributed by atoms with E-state index in [-0.39, 0.29) is 11.9 Å². The van der Waals surface area contributed by atoms with Crippen molar-refractivity contribution in [1.82, 2.24) is 15.1 Å². The molecule has 2 rings (SSSR count). The molecule has 1 atom stereocenters. The minimum atomic E-state index is -0.0826. The van der Waals surface area contributed by atoms with E-state index in [0.717, 1.165) is 15.6 Å². The normalized spacial score (nSPS) is 12.2. The van der Waals surface area contributed by atoms with E-state index in [4.69, 9.17) is 0 Å². The quantitative estimate of drug-likeness (QED) is 0.944. The number of nitrogens with zero attached hydrogens (tertiary/aromatic N) is 2. The molecule has 1 heterocycles. The molecule has 1 aromatic carbocycles. The average Bonchev–Trinajstić information content (AvgIpc) is 2.74. The monoisotopic (exact) mass is 321 g/mol. The van der Waals surface area contributed by atoms with Crippen molar-refractivity contribution in [2.75, 3.05) is 0 Å². The van der Waals surface area contributed by atoms with Crippen molar-refractivity contribution in [3.63, 3.8) is 0 Å². The molecule has 4 nitrogen and oxygen atoms in total. The molecule has 0 saturated heterocycles. The molecule has 1 amide bonds. The zero-order valence-corrected chi connectivity index (χ0v) is 12.7. The van der Waals surface area contributed by atoms with Crippen LogP contribution in [0, 0.1) is 6.92 Å². The Balaban J connectivity index is 2.12. The molecule has 0 spiro atoms. The van der Waals surface area contributed by atoms with Crippen LogP contribution in [0.3, 0.4) is 0 Å². The third-order valence-corrected chi connectivity index (χ3v) is 3.33. The lowest BCUT2D eigenvalue weighted by Crippen LogP contribution is -2.26. The van der Waals surface area contributed by atoms with Crippen LogP contribution >= 0.6 is 15.9 Å². The standard InChI is InChI=1S/C14H16BrN3O/c1-9-4-11(6-13(15)5-9)14(19)17-10(2)12-7-16-18(3)8-12/h4-8,10H,1-3H3,(H,17,19)/t10-/m0/s1. The van der Waals surface area contributed by atoms with Gasteiger partial charge in [-0.2, -0.15) is 5.10 Å². The van der Waals surface area contributed by atoms with E-state index in [1.807, 2.05) is 45.3 Å². The van der Waals surface area contributed by atoms with E-state index in [1.54, 1.807) is 10.9 Å². The summed E-state index contributed by atoms with van der Waals surface area (Å²) in [4.78, 5) is 12.2. The van der Waals surface area contributed by atoms with Gasteiger partial charge in [-0.15, -0.1) is 0 Å². The number of hydrogen-bond acceptors (Lipinski definition) is 2. The highest BCUT2D eigenvalue weighted by Gasteiger charge is 2.13. The number of rotatable bonds is 3. The minimum Gasteiger partial charge on any atom is -0.345 e. The van der Waals surface area contributed by atoms with Crippen LogP contribution in [-0.4, -0.2) is 15.7 Å². The fourth-order valence-corrected chi connectivity index (χ4v) is 2.50. The Kier molecular flexibility index (Phi) is 4.04. The maximum atomic E-state index is 12.2. The van der Waals surface area contributed by atoms with Gasteiger partial charge in [0, 0.05) is 28.8 Å². The zero-order valence-electron chi connectivity index (χ0n) is 11.1. The van der Waals surface area contributed by atoms with Gasteiger partial charge in [-0.1, -0.05) is 15.9 Å². The number of aromatic nitrogens is 2. The van der Waals surface area contributed by atoms with E-state index < -0.39 is 0 Å². The molecule has 0 saturated carbocycles. The van der Waals surface area contributed by atoms with Gasteiger partial charge in [0.15, 0.2) is 0 Å². The van der Waals surface area contributed by atoms with Crippen molar-refractivity contribution in [2.24, 2.45) is 7.05 Å². The highest BCUT2D eigenvalue weighted by atomic mass is 79.9. The van der Waals surface area contributed by atoms with Gasteiger partial charge in [-0.05, 0) is 37.6 Å². The van der Waals surface area contributed by atoms with Crippen LogP contribution in [0.5, 0.6) is 0 Å². The van der Waals surface area contributed by atoms with Crippen molar-refractivity contribution < 1.29 is 4.79 Å². The second kappa shape index (κ2) is 5.57. The van der Waals surface area contributed by atoms with E-state index in [1.165, 1.54) is 0 Å². The molecule has 0 radical (unpaired) electrons. The van der Waals surface area contributed by atoms with Crippen LogP contribution in [0.2, 0.25) is 0 Å². The Morgan fingerprint density at radius 2 is 2.16 bits per heavy atom. The predicted molar refractivity (Wildman–Crippen MR) is 78.0 cm³/mol. The summed E-state index contributed by atoms with van der Waals surface area (Å²) in [5, 5.41) is 7.07. The molecular weight excluding hydrogens is 306 g/mol. The summed E-state index contributed by atoms with van der Waals surface area (Å²) in [6.45, 7) is 3.91. The molecule has 0 bridgehead atoms. The number of halogens is 1. The first kappa shape index (κ1) is 13.8. The minimum absolute atomic E-state index is 0.0690. The first-order valence-electron chi connectivity index (χ1n) is 6.02. The highest BCUT2D eigenvalue weighted by molar-refractivity contribution is 9.10. The number of hydrogen-bond donors (Lipinski definition) is 1. The van der Waals surface area contributed by atoms with E-state index in [9.17, 15) is 4.79 Å². The van der Waals surface area contributed by atoms with Gasteiger partial charge in [-0.25, -0.2) is 0 Å². The van der Waals surface area contributed by atoms with Crippen LogP contribution in [0.1, 0.15) is 34.5 Å². The number of carbonyl (C=O) groups excluding carboxylic acids is 1. The molecule has 0 unspecified atom stereocenters. The van der Waals surface area contributed by atoms with Crippen molar-refractivity contribution in [1.29, 1.82) is 0 Å². The largest absolute Gasteiger partial charge is 0.345 e. The Morgan fingerprint density at radius 1 is 1.42 bits per heavy atom. The predicted octanol–water partition coefficient (Wildman–Crippen LogP) is 2.98. The summed E-state index contributed by atoms with van der Waals surface area (Å²) >= 11 is 3.40. The van der Waals surface area contributed by atoms with Crippen LogP contribution in [0.4, 0.5) is 0 Å². The lowest BCUT2D eigenvalue weighted by molar-refractivity contribution is 0.0939. The number of benzene rings is 1. The van der Waals surface area contributed by atoms with E-state index in [2.05, 4.69) is 26.3 Å². The number of amides is 1. The molecule has 19 heavy (non-hydrogen) atoms. The van der Waals surface area contributed by atoms with Gasteiger partial charge >= 0.3 is 0 Å². The van der Waals surface area contributed by atoms with E-state index in [0.29, 0.717) is 5.56 Å². The third-order valence-electron chi connectivity index (χ3n) is 2.88. The van der Waals surface area contributed by atoms with Crippen molar-refractivity contribution in [2.45, 2.75) is 19.9 Å². The summed E-state index contributed by atoms with van der Waals surface area (Å²) in [5.41, 5.74) is 2.69. The molecule has 0 aliphatic rings. The molecular formula is C14H16BrN3O. The first-order valence-corrected chi connectivity index (χ1v) is 6.81. The smallest absolute Gasteiger partial charge is 0.251 e. The summed E-state index contributed by atoms with van der Waals surface area (Å²) in [6.07, 6.45) is 3.66. The second-order valence-electron chi connectivity index (χ2n) is 4.66. The van der Waals surface area contributed by atoms with Gasteiger partial charge in [0.2, 0.25) is 0 Å². The fourth-order valence-electron chi connectivity index (χ4n) is 1.89. The maximum Gasteiger partial charge on any atom is 0.251 e. The maximum absolute atomic E-state index is 12.2. The molecule has 100 valence electrons. The van der Waals surface area contributed by atoms with Crippen LogP contribution in [-0.2, 0) is 7.05 Å². The van der Waals surface area contributed by atoms with Crippen LogP contribution in [0.15, 0.2) is 35.1 Å². The molecule has 0 aliphatic carbocycles. The average molecular weight is 322 g/mol. The Hall–Kier alpha value is -1.62. The van der Waals surface area contributed by atoms with Crippen molar-refractivity contribution in [3.05, 3.63) is 51.8 Å². The van der Waals surface area contributed by atoms with Gasteiger partial charge in [-0.3, -0.25) is 9.48 Å². The molecule has 2 aromatic rings. The van der Waals surface area contributed by atoms with Gasteiger partial charge in [0.25, 0.3) is 5.91 Å². The lowest BCUT2D eigenvalue weighted by atomic mass is 10.1. The molecule has 0 fully saturated rings. The van der Waals surface area contributed by atoms with Gasteiger partial charge in [0.05, 0.1) is 12.2 Å². The fraction of sp³-hybridized carbons (Fsp3) is 0.286. The highest BCUT2D eigenvalue weighted by Crippen LogP contribution is 2.17. The molecule has 0 aliphatic heterocycles.